The number of carbonyl (C=O) groups excluding carboxylic acids is 1. The normalized spacial score (nSPS) is 21.6. The lowest BCUT2D eigenvalue weighted by molar-refractivity contribution is 0.0374. The van der Waals surface area contributed by atoms with Gasteiger partial charge in [-0.05, 0) is 12.1 Å². The Hall–Kier alpha value is -2.67. The Labute approximate surface area is 125 Å². The number of nitrogens with one attached hydrogen (secondary N) is 1. The van der Waals surface area contributed by atoms with Crippen LogP contribution in [0.15, 0.2) is 40.9 Å². The lowest BCUT2D eigenvalue weighted by Gasteiger charge is -2.20. The molecule has 1 unspecified atom stereocenters. The summed E-state index contributed by atoms with van der Waals surface area (Å²) in [6.45, 7) is 0.620. The number of aliphatic hydroxyl groups is 1. The van der Waals surface area contributed by atoms with Crippen molar-refractivity contribution in [1.82, 2.24) is 20.3 Å². The largest absolute Gasteiger partial charge is 0.451 e. The van der Waals surface area contributed by atoms with Gasteiger partial charge in [0.1, 0.15) is 16.9 Å². The molecule has 3 heterocycles. The Kier molecular flexibility index (Phi) is 2.77. The standard InChI is InChI=1S/C15H14N4O3/c20-14(12-7-10-3-1-2-4-11(10)22-12)19-6-5-15(21,9-19)13-8-16-18-17-13/h1-4,7-8,21H,5-6,9H2,(H,16,17,18). The number of β-amino-alcohol motifs (C(OH)–C–C–N with tert-alkyl or cyclic N) is 1. The molecule has 0 bridgehead atoms. The molecule has 1 aliphatic heterocycles. The Morgan fingerprint density at radius 1 is 1.41 bits per heavy atom. The van der Waals surface area contributed by atoms with Crippen LogP contribution in [0.25, 0.3) is 11.0 Å². The molecule has 0 spiro atoms. The molecular weight excluding hydrogens is 284 g/mol. The third-order valence-electron chi connectivity index (χ3n) is 4.06. The van der Waals surface area contributed by atoms with E-state index in [2.05, 4.69) is 15.4 Å². The molecule has 0 aliphatic carbocycles. The van der Waals surface area contributed by atoms with E-state index in [1.54, 1.807) is 11.0 Å². The van der Waals surface area contributed by atoms with E-state index in [0.717, 1.165) is 5.39 Å². The fourth-order valence-corrected chi connectivity index (χ4v) is 2.85. The highest BCUT2D eigenvalue weighted by Crippen LogP contribution is 2.31. The molecule has 112 valence electrons. The van der Waals surface area contributed by atoms with Crippen LogP contribution < -0.4 is 0 Å². The van der Waals surface area contributed by atoms with E-state index >= 15 is 0 Å². The molecule has 0 radical (unpaired) electrons. The molecule has 3 aromatic rings. The van der Waals surface area contributed by atoms with Gasteiger partial charge < -0.3 is 14.4 Å². The van der Waals surface area contributed by atoms with Crippen molar-refractivity contribution < 1.29 is 14.3 Å². The number of likely N-dealkylation sites (tertiary alicyclic amines) is 1. The molecule has 7 heteroatoms. The molecule has 7 nitrogen and oxygen atoms in total. The number of hydrogen-bond acceptors (Lipinski definition) is 5. The molecule has 22 heavy (non-hydrogen) atoms. The predicted octanol–water partition coefficient (Wildman–Crippen LogP) is 1.28. The Bertz CT molecular complexity index is 793. The van der Waals surface area contributed by atoms with Gasteiger partial charge >= 0.3 is 0 Å². The minimum atomic E-state index is -1.16. The van der Waals surface area contributed by atoms with Gasteiger partial charge in [-0.2, -0.15) is 15.4 Å². The van der Waals surface area contributed by atoms with Gasteiger partial charge in [-0.15, -0.1) is 0 Å². The highest BCUT2D eigenvalue weighted by molar-refractivity contribution is 5.96. The Balaban J connectivity index is 1.59. The first-order valence-electron chi connectivity index (χ1n) is 7.02. The second-order valence-corrected chi connectivity index (χ2v) is 5.51. The van der Waals surface area contributed by atoms with Crippen molar-refractivity contribution in [2.45, 2.75) is 12.0 Å². The molecule has 1 aliphatic rings. The number of amides is 1. The third-order valence-corrected chi connectivity index (χ3v) is 4.06. The van der Waals surface area contributed by atoms with Crippen molar-refractivity contribution in [1.29, 1.82) is 0 Å². The maximum Gasteiger partial charge on any atom is 0.289 e. The summed E-state index contributed by atoms with van der Waals surface area (Å²) in [7, 11) is 0. The fourth-order valence-electron chi connectivity index (χ4n) is 2.85. The first-order valence-corrected chi connectivity index (χ1v) is 7.02. The summed E-state index contributed by atoms with van der Waals surface area (Å²) >= 11 is 0. The lowest BCUT2D eigenvalue weighted by atomic mass is 10.0. The van der Waals surface area contributed by atoms with Gasteiger partial charge in [0, 0.05) is 18.4 Å². The summed E-state index contributed by atoms with van der Waals surface area (Å²) in [5.41, 5.74) is -0.0292. The second kappa shape index (κ2) is 4.67. The van der Waals surface area contributed by atoms with E-state index < -0.39 is 5.60 Å². The van der Waals surface area contributed by atoms with Gasteiger partial charge in [0.25, 0.3) is 5.91 Å². The van der Waals surface area contributed by atoms with Crippen molar-refractivity contribution in [2.75, 3.05) is 13.1 Å². The number of para-hydroxylation sites is 1. The summed E-state index contributed by atoms with van der Waals surface area (Å²) in [5.74, 6) is 0.0567. The van der Waals surface area contributed by atoms with Crippen molar-refractivity contribution in [3.05, 3.63) is 48.0 Å². The van der Waals surface area contributed by atoms with Gasteiger partial charge in [0.2, 0.25) is 0 Å². The van der Waals surface area contributed by atoms with Crippen LogP contribution in [-0.2, 0) is 5.60 Å². The van der Waals surface area contributed by atoms with E-state index in [4.69, 9.17) is 4.42 Å². The van der Waals surface area contributed by atoms with Crippen molar-refractivity contribution in [3.8, 4) is 0 Å². The molecular formula is C15H14N4O3. The van der Waals surface area contributed by atoms with E-state index in [1.807, 2.05) is 24.3 Å². The number of hydrogen-bond donors (Lipinski definition) is 2. The fraction of sp³-hybridized carbons (Fsp3) is 0.267. The van der Waals surface area contributed by atoms with Crippen LogP contribution in [-0.4, -0.2) is 44.4 Å². The van der Waals surface area contributed by atoms with Crippen molar-refractivity contribution in [3.63, 3.8) is 0 Å². The van der Waals surface area contributed by atoms with Gasteiger partial charge in [-0.25, -0.2) is 0 Å². The van der Waals surface area contributed by atoms with E-state index in [9.17, 15) is 9.90 Å². The first-order chi connectivity index (χ1) is 10.7. The zero-order valence-electron chi connectivity index (χ0n) is 11.7. The zero-order chi connectivity index (χ0) is 15.2. The number of aromatic amines is 1. The van der Waals surface area contributed by atoms with E-state index in [0.29, 0.717) is 24.2 Å². The molecule has 1 amide bonds. The zero-order valence-corrected chi connectivity index (χ0v) is 11.7. The average molecular weight is 298 g/mol. The summed E-state index contributed by atoms with van der Waals surface area (Å²) in [5, 5.41) is 21.6. The van der Waals surface area contributed by atoms with Gasteiger partial charge in [-0.1, -0.05) is 18.2 Å². The molecule has 1 atom stereocenters. The number of H-pyrrole nitrogens is 1. The molecule has 2 N–H and O–H groups in total. The molecule has 4 rings (SSSR count). The summed E-state index contributed by atoms with van der Waals surface area (Å²) in [6, 6.07) is 9.20. The number of benzene rings is 1. The van der Waals surface area contributed by atoms with Crippen LogP contribution >= 0.6 is 0 Å². The van der Waals surface area contributed by atoms with Crippen molar-refractivity contribution >= 4 is 16.9 Å². The number of furan rings is 1. The number of nitrogens with zero attached hydrogens (tertiary/aromatic N) is 3. The van der Waals surface area contributed by atoms with Gasteiger partial charge in [0.05, 0.1) is 12.7 Å². The van der Waals surface area contributed by atoms with Crippen LogP contribution in [0.4, 0.5) is 0 Å². The maximum absolute atomic E-state index is 12.6. The number of rotatable bonds is 2. The van der Waals surface area contributed by atoms with Gasteiger partial charge in [0.15, 0.2) is 5.76 Å². The molecule has 1 saturated heterocycles. The van der Waals surface area contributed by atoms with Crippen LogP contribution in [0, 0.1) is 0 Å². The summed E-state index contributed by atoms with van der Waals surface area (Å²) < 4.78 is 5.59. The predicted molar refractivity (Wildman–Crippen MR) is 77.0 cm³/mol. The summed E-state index contributed by atoms with van der Waals surface area (Å²) in [6.07, 6.45) is 1.90. The molecule has 0 saturated carbocycles. The SMILES string of the molecule is O=C(c1cc2ccccc2o1)N1CCC(O)(c2cn[nH]n2)C1. The minimum absolute atomic E-state index is 0.176. The smallest absolute Gasteiger partial charge is 0.289 e. The first kappa shape index (κ1) is 13.0. The second-order valence-electron chi connectivity index (χ2n) is 5.51. The third kappa shape index (κ3) is 1.98. The topological polar surface area (TPSA) is 95.3 Å². The number of aromatic nitrogens is 3. The van der Waals surface area contributed by atoms with Crippen molar-refractivity contribution in [2.24, 2.45) is 0 Å². The molecule has 2 aromatic heterocycles. The van der Waals surface area contributed by atoms with Crippen LogP contribution in [0.3, 0.4) is 0 Å². The maximum atomic E-state index is 12.6. The van der Waals surface area contributed by atoms with Gasteiger partial charge in [-0.3, -0.25) is 4.79 Å². The summed E-state index contributed by atoms with van der Waals surface area (Å²) in [4.78, 5) is 14.1. The van der Waals surface area contributed by atoms with E-state index in [1.165, 1.54) is 6.20 Å². The molecule has 1 fully saturated rings. The number of fused-ring (bicyclic) bond motifs is 1. The van der Waals surface area contributed by atoms with E-state index in [-0.39, 0.29) is 18.2 Å². The number of carbonyl (C=O) groups is 1. The Morgan fingerprint density at radius 3 is 3.05 bits per heavy atom. The van der Waals surface area contributed by atoms with Crippen LogP contribution in [0.1, 0.15) is 22.7 Å². The average Bonchev–Trinajstić information content (AvgIpc) is 3.25. The highest BCUT2D eigenvalue weighted by Gasteiger charge is 2.42. The van der Waals surface area contributed by atoms with Crippen LogP contribution in [0.2, 0.25) is 0 Å². The lowest BCUT2D eigenvalue weighted by Crippen LogP contribution is -2.34. The monoisotopic (exact) mass is 298 g/mol. The Morgan fingerprint density at radius 2 is 2.27 bits per heavy atom. The molecule has 1 aromatic carbocycles. The quantitative estimate of drug-likeness (QED) is 0.743. The van der Waals surface area contributed by atoms with Crippen LogP contribution in [0.5, 0.6) is 0 Å². The minimum Gasteiger partial charge on any atom is -0.451 e. The highest BCUT2D eigenvalue weighted by atomic mass is 16.3.